The Morgan fingerprint density at radius 2 is 1.90 bits per heavy atom. The van der Waals surface area contributed by atoms with Crippen molar-refractivity contribution in [2.45, 2.75) is 52.5 Å². The highest BCUT2D eigenvalue weighted by atomic mass is 16.2. The summed E-state index contributed by atoms with van der Waals surface area (Å²) in [4.78, 5) is 28.1. The number of rotatable bonds is 6. The van der Waals surface area contributed by atoms with Gasteiger partial charge in [0.2, 0.25) is 0 Å². The molecule has 0 aliphatic carbocycles. The van der Waals surface area contributed by atoms with Crippen LogP contribution in [0.2, 0.25) is 0 Å². The molecule has 0 aliphatic rings. The average molecular weight is 291 g/mol. The maximum Gasteiger partial charge on any atom is 0.269 e. The highest BCUT2D eigenvalue weighted by molar-refractivity contribution is 5.98. The van der Waals surface area contributed by atoms with Crippen molar-refractivity contribution in [2.24, 2.45) is 0 Å². The van der Waals surface area contributed by atoms with Gasteiger partial charge in [0, 0.05) is 23.8 Å². The molecule has 2 N–H and O–H groups in total. The van der Waals surface area contributed by atoms with Gasteiger partial charge in [-0.1, -0.05) is 19.8 Å². The van der Waals surface area contributed by atoms with E-state index in [1.165, 1.54) is 12.3 Å². The van der Waals surface area contributed by atoms with Crippen LogP contribution >= 0.6 is 0 Å². The monoisotopic (exact) mass is 291 g/mol. The molecule has 0 unspecified atom stereocenters. The fourth-order valence-corrected chi connectivity index (χ4v) is 1.78. The molecule has 1 aromatic rings. The van der Waals surface area contributed by atoms with Crippen LogP contribution in [0.5, 0.6) is 0 Å². The van der Waals surface area contributed by atoms with Crippen LogP contribution in [-0.4, -0.2) is 28.9 Å². The highest BCUT2D eigenvalue weighted by Crippen LogP contribution is 2.06. The lowest BCUT2D eigenvalue weighted by Gasteiger charge is -2.20. The number of unbranched alkanes of at least 4 members (excludes halogenated alkanes) is 2. The highest BCUT2D eigenvalue weighted by Gasteiger charge is 2.16. The van der Waals surface area contributed by atoms with Crippen molar-refractivity contribution >= 4 is 11.8 Å². The molecule has 21 heavy (non-hydrogen) atoms. The molecule has 0 bridgehead atoms. The van der Waals surface area contributed by atoms with Gasteiger partial charge in [-0.3, -0.25) is 14.6 Å². The standard InChI is InChI=1S/C16H25N3O2/c1-5-6-7-9-18-15(21)13-11-12(8-10-17-13)14(20)19-16(2,3)4/h8,10-11H,5-7,9H2,1-4H3,(H,18,21)(H,19,20). The minimum atomic E-state index is -0.317. The lowest BCUT2D eigenvalue weighted by atomic mass is 10.1. The van der Waals surface area contributed by atoms with Gasteiger partial charge in [-0.15, -0.1) is 0 Å². The molecular formula is C16H25N3O2. The number of hydrogen-bond acceptors (Lipinski definition) is 3. The van der Waals surface area contributed by atoms with Crippen LogP contribution in [0, 0.1) is 0 Å². The van der Waals surface area contributed by atoms with Gasteiger partial charge >= 0.3 is 0 Å². The Morgan fingerprint density at radius 3 is 2.52 bits per heavy atom. The Morgan fingerprint density at radius 1 is 1.19 bits per heavy atom. The zero-order valence-corrected chi connectivity index (χ0v) is 13.3. The van der Waals surface area contributed by atoms with Gasteiger partial charge in [0.1, 0.15) is 5.69 Å². The molecule has 0 saturated carbocycles. The normalized spacial score (nSPS) is 11.0. The van der Waals surface area contributed by atoms with Crippen molar-refractivity contribution in [3.63, 3.8) is 0 Å². The molecule has 0 aromatic carbocycles. The number of hydrogen-bond donors (Lipinski definition) is 2. The number of nitrogens with zero attached hydrogens (tertiary/aromatic N) is 1. The first-order valence-electron chi connectivity index (χ1n) is 7.40. The third kappa shape index (κ3) is 6.38. The number of nitrogens with one attached hydrogen (secondary N) is 2. The molecule has 0 spiro atoms. The molecule has 0 aliphatic heterocycles. The van der Waals surface area contributed by atoms with Crippen LogP contribution in [0.15, 0.2) is 18.3 Å². The Hall–Kier alpha value is -1.91. The van der Waals surface area contributed by atoms with Crippen LogP contribution in [0.1, 0.15) is 67.8 Å². The number of aromatic nitrogens is 1. The zero-order valence-electron chi connectivity index (χ0n) is 13.3. The lowest BCUT2D eigenvalue weighted by molar-refractivity contribution is 0.0919. The summed E-state index contributed by atoms with van der Waals surface area (Å²) in [5, 5.41) is 5.68. The van der Waals surface area contributed by atoms with E-state index in [4.69, 9.17) is 0 Å². The SMILES string of the molecule is CCCCCNC(=O)c1cc(C(=O)NC(C)(C)C)ccn1. The summed E-state index contributed by atoms with van der Waals surface area (Å²) in [6.07, 6.45) is 4.63. The van der Waals surface area contributed by atoms with Crippen LogP contribution in [-0.2, 0) is 0 Å². The predicted molar refractivity (Wildman–Crippen MR) is 83.3 cm³/mol. The van der Waals surface area contributed by atoms with Crippen LogP contribution < -0.4 is 10.6 Å². The smallest absolute Gasteiger partial charge is 0.269 e. The van der Waals surface area contributed by atoms with E-state index in [0.29, 0.717) is 12.1 Å². The third-order valence-electron chi connectivity index (χ3n) is 2.81. The maximum atomic E-state index is 12.1. The number of carbonyl (C=O) groups is 2. The minimum Gasteiger partial charge on any atom is -0.351 e. The van der Waals surface area contributed by atoms with Gasteiger partial charge in [0.25, 0.3) is 11.8 Å². The largest absolute Gasteiger partial charge is 0.351 e. The Kier molecular flexibility index (Phi) is 6.34. The lowest BCUT2D eigenvalue weighted by Crippen LogP contribution is -2.40. The molecule has 0 atom stereocenters. The van der Waals surface area contributed by atoms with Gasteiger partial charge in [-0.25, -0.2) is 0 Å². The van der Waals surface area contributed by atoms with Crippen LogP contribution in [0.25, 0.3) is 0 Å². The molecule has 0 radical (unpaired) electrons. The van der Waals surface area contributed by atoms with Gasteiger partial charge in [0.05, 0.1) is 0 Å². The first kappa shape index (κ1) is 17.1. The molecule has 116 valence electrons. The third-order valence-corrected chi connectivity index (χ3v) is 2.81. The first-order chi connectivity index (χ1) is 9.83. The van der Waals surface area contributed by atoms with Gasteiger partial charge in [-0.05, 0) is 39.3 Å². The summed E-state index contributed by atoms with van der Waals surface area (Å²) in [5.41, 5.74) is 0.398. The summed E-state index contributed by atoms with van der Waals surface area (Å²) in [7, 11) is 0. The minimum absolute atomic E-state index is 0.204. The fraction of sp³-hybridized carbons (Fsp3) is 0.562. The Balaban J connectivity index is 2.67. The molecule has 1 heterocycles. The molecule has 0 saturated heterocycles. The molecule has 5 nitrogen and oxygen atoms in total. The quantitative estimate of drug-likeness (QED) is 0.791. The molecule has 1 aromatic heterocycles. The van der Waals surface area contributed by atoms with Crippen molar-refractivity contribution in [3.05, 3.63) is 29.6 Å². The van der Waals surface area contributed by atoms with E-state index in [0.717, 1.165) is 19.3 Å². The van der Waals surface area contributed by atoms with Crippen LogP contribution in [0.4, 0.5) is 0 Å². The molecule has 5 heteroatoms. The van der Waals surface area contributed by atoms with E-state index in [1.54, 1.807) is 6.07 Å². The van der Waals surface area contributed by atoms with E-state index in [9.17, 15) is 9.59 Å². The van der Waals surface area contributed by atoms with Gasteiger partial charge in [-0.2, -0.15) is 0 Å². The van der Waals surface area contributed by atoms with Crippen molar-refractivity contribution in [3.8, 4) is 0 Å². The van der Waals surface area contributed by atoms with Crippen LogP contribution in [0.3, 0.4) is 0 Å². The summed E-state index contributed by atoms with van der Waals surface area (Å²) < 4.78 is 0. The number of pyridine rings is 1. The topological polar surface area (TPSA) is 71.1 Å². The average Bonchev–Trinajstić information content (AvgIpc) is 2.41. The molecule has 1 rings (SSSR count). The van der Waals surface area contributed by atoms with Crippen molar-refractivity contribution < 1.29 is 9.59 Å². The zero-order chi connectivity index (χ0) is 15.9. The summed E-state index contributed by atoms with van der Waals surface area (Å²) in [5.74, 6) is -0.443. The van der Waals surface area contributed by atoms with Gasteiger partial charge < -0.3 is 10.6 Å². The van der Waals surface area contributed by atoms with E-state index in [1.807, 2.05) is 20.8 Å². The number of amides is 2. The van der Waals surface area contributed by atoms with Gasteiger partial charge in [0.15, 0.2) is 0 Å². The molecule has 2 amide bonds. The maximum absolute atomic E-state index is 12.1. The second kappa shape index (κ2) is 7.76. The van der Waals surface area contributed by atoms with E-state index in [2.05, 4.69) is 22.5 Å². The fourth-order valence-electron chi connectivity index (χ4n) is 1.78. The number of carbonyl (C=O) groups excluding carboxylic acids is 2. The predicted octanol–water partition coefficient (Wildman–Crippen LogP) is 2.53. The van der Waals surface area contributed by atoms with E-state index >= 15 is 0 Å². The molecule has 0 fully saturated rings. The molecular weight excluding hydrogens is 266 g/mol. The van der Waals surface area contributed by atoms with Crippen molar-refractivity contribution in [1.82, 2.24) is 15.6 Å². The summed E-state index contributed by atoms with van der Waals surface area (Å²) in [6.45, 7) is 8.47. The first-order valence-corrected chi connectivity index (χ1v) is 7.40. The van der Waals surface area contributed by atoms with E-state index < -0.39 is 0 Å². The second-order valence-electron chi connectivity index (χ2n) is 6.10. The Bertz CT molecular complexity index is 493. The second-order valence-corrected chi connectivity index (χ2v) is 6.10. The Labute approximate surface area is 126 Å². The van der Waals surface area contributed by atoms with Crippen molar-refractivity contribution in [2.75, 3.05) is 6.54 Å². The van der Waals surface area contributed by atoms with Crippen molar-refractivity contribution in [1.29, 1.82) is 0 Å². The summed E-state index contributed by atoms with van der Waals surface area (Å²) >= 11 is 0. The van der Waals surface area contributed by atoms with E-state index in [-0.39, 0.29) is 23.0 Å². The summed E-state index contributed by atoms with van der Waals surface area (Å²) in [6, 6.07) is 3.13.